The van der Waals surface area contributed by atoms with Crippen LogP contribution in [0.4, 0.5) is 0 Å². The van der Waals surface area contributed by atoms with E-state index >= 15 is 0 Å². The quantitative estimate of drug-likeness (QED) is 0.0650. The smallest absolute Gasteiger partial charge is 0.126 e. The topological polar surface area (TPSA) is 0 Å². The van der Waals surface area contributed by atoms with Crippen LogP contribution in [0, 0.1) is 82.1 Å². The number of hydrogen-bond donors (Lipinski definition) is 0. The molecule has 0 saturated carbocycles. The Morgan fingerprint density at radius 1 is 0.238 bits per heavy atom. The molecule has 0 unspecified atom stereocenters. The van der Waals surface area contributed by atoms with Crippen molar-refractivity contribution in [2.24, 2.45) is 35.5 Å². The van der Waals surface area contributed by atoms with Crippen molar-refractivity contribution in [3.05, 3.63) is 203 Å². The van der Waals surface area contributed by atoms with Crippen molar-refractivity contribution in [3.8, 4) is 46.6 Å². The van der Waals surface area contributed by atoms with Crippen LogP contribution in [0.3, 0.4) is 0 Å². The molecule has 0 fully saturated rings. The molecule has 0 aliphatic carbocycles. The molecule has 0 aromatic heterocycles. The molecule has 0 radical (unpaired) electrons. The molecule has 2 heteroatoms. The summed E-state index contributed by atoms with van der Waals surface area (Å²) >= 11 is 0. The maximum absolute atomic E-state index is 4.23. The minimum absolute atomic E-state index is 0.594. The Balaban J connectivity index is 1.11. The van der Waals surface area contributed by atoms with Gasteiger partial charge >= 0.3 is 0 Å². The zero-order valence-corrected chi connectivity index (χ0v) is 53.9. The first-order valence-electron chi connectivity index (χ1n) is 31.2. The normalized spacial score (nSPS) is 12.1. The monoisotopic (exact) mass is 1120 g/mol. The molecule has 11 rings (SSSR count). The van der Waals surface area contributed by atoms with Crippen LogP contribution in [0.5, 0.6) is 0 Å². The molecule has 0 spiro atoms. The van der Waals surface area contributed by atoms with Crippen LogP contribution in [-0.2, 0) is 0 Å². The van der Waals surface area contributed by atoms with Gasteiger partial charge in [0.25, 0.3) is 0 Å². The van der Waals surface area contributed by atoms with Gasteiger partial charge < -0.3 is 0 Å². The van der Waals surface area contributed by atoms with Crippen LogP contribution < -0.4 is 0 Å². The number of hydrogen-bond acceptors (Lipinski definition) is 0. The second kappa shape index (κ2) is 24.4. The SMILES string of the molecule is CC(C)C[Si](C#Cc1c2cc3ccccc3cc2c(C#Cc2cccc(C#Cc3c4cc5ccccc5cc4c(C#C[Si](CC(C)C)(CC(C)C)CC(C)C)c4cc5ccccc5cc34)c2)c2cc3ccccc3cc12)(CC(C)C)CC(C)C. The van der Waals surface area contributed by atoms with Crippen LogP contribution in [0.2, 0.25) is 36.3 Å². The van der Waals surface area contributed by atoms with Crippen LogP contribution in [0.15, 0.2) is 170 Å². The first-order valence-corrected chi connectivity index (χ1v) is 36.5. The van der Waals surface area contributed by atoms with Crippen LogP contribution in [0.25, 0.3) is 86.2 Å². The summed E-state index contributed by atoms with van der Waals surface area (Å²) < 4.78 is 0. The van der Waals surface area contributed by atoms with Crippen molar-refractivity contribution < 1.29 is 0 Å². The van der Waals surface area contributed by atoms with Gasteiger partial charge in [-0.1, -0.05) is 222 Å². The Bertz CT molecular complexity index is 4070. The van der Waals surface area contributed by atoms with Gasteiger partial charge in [-0.3, -0.25) is 0 Å². The van der Waals surface area contributed by atoms with Gasteiger partial charge in [-0.15, -0.1) is 11.1 Å². The number of fused-ring (bicyclic) bond motifs is 8. The first kappa shape index (κ1) is 58.0. The van der Waals surface area contributed by atoms with E-state index in [1.807, 2.05) is 0 Å². The van der Waals surface area contributed by atoms with Crippen LogP contribution in [-0.4, -0.2) is 16.1 Å². The Hall–Kier alpha value is -7.83. The lowest BCUT2D eigenvalue weighted by atomic mass is 9.88. The molecular formula is C82H82Si2. The lowest BCUT2D eigenvalue weighted by Crippen LogP contribution is -2.37. The van der Waals surface area contributed by atoms with Gasteiger partial charge in [0.2, 0.25) is 0 Å². The van der Waals surface area contributed by atoms with E-state index < -0.39 is 16.1 Å². The van der Waals surface area contributed by atoms with Crippen molar-refractivity contribution in [2.45, 2.75) is 119 Å². The van der Waals surface area contributed by atoms with Gasteiger partial charge in [0, 0.05) is 33.4 Å². The van der Waals surface area contributed by atoms with E-state index in [1.165, 1.54) is 101 Å². The van der Waals surface area contributed by atoms with Gasteiger partial charge in [0.15, 0.2) is 0 Å². The highest BCUT2D eigenvalue weighted by atomic mass is 28.3. The van der Waals surface area contributed by atoms with E-state index in [4.69, 9.17) is 0 Å². The fourth-order valence-corrected chi connectivity index (χ4v) is 26.3. The summed E-state index contributed by atoms with van der Waals surface area (Å²) in [6, 6.07) is 70.0. The summed E-state index contributed by atoms with van der Waals surface area (Å²) in [5.74, 6) is 26.9. The zero-order chi connectivity index (χ0) is 58.9. The maximum atomic E-state index is 4.23. The summed E-state index contributed by atoms with van der Waals surface area (Å²) in [6.07, 6.45) is 0. The third-order valence-electron chi connectivity index (χ3n) is 16.9. The molecule has 11 aromatic carbocycles. The van der Waals surface area contributed by atoms with Crippen molar-refractivity contribution in [1.29, 1.82) is 0 Å². The second-order valence-electron chi connectivity index (χ2n) is 27.2. The van der Waals surface area contributed by atoms with E-state index in [0.29, 0.717) is 35.5 Å². The Kier molecular flexibility index (Phi) is 16.8. The largest absolute Gasteiger partial charge is 0.139 e. The fraction of sp³-hybridized carbons (Fsp3) is 0.293. The second-order valence-corrected chi connectivity index (χ2v) is 35.3. The molecule has 0 nitrogen and oxygen atoms in total. The van der Waals surface area contributed by atoms with Gasteiger partial charge in [0.1, 0.15) is 16.1 Å². The molecule has 0 bridgehead atoms. The molecule has 0 N–H and O–H groups in total. The molecule has 0 heterocycles. The van der Waals surface area contributed by atoms with Crippen molar-refractivity contribution in [3.63, 3.8) is 0 Å². The maximum Gasteiger partial charge on any atom is 0.139 e. The van der Waals surface area contributed by atoms with E-state index in [-0.39, 0.29) is 0 Å². The van der Waals surface area contributed by atoms with E-state index in [1.54, 1.807) is 0 Å². The van der Waals surface area contributed by atoms with Gasteiger partial charge in [-0.25, -0.2) is 0 Å². The molecule has 0 aliphatic rings. The van der Waals surface area contributed by atoms with Gasteiger partial charge in [-0.2, -0.15) is 0 Å². The lowest BCUT2D eigenvalue weighted by Gasteiger charge is -2.31. The minimum Gasteiger partial charge on any atom is -0.126 e. The van der Waals surface area contributed by atoms with Gasteiger partial charge in [0.05, 0.1) is 0 Å². The summed E-state index contributed by atoms with van der Waals surface area (Å²) in [6.45, 7) is 28.7. The number of rotatable bonds is 12. The lowest BCUT2D eigenvalue weighted by molar-refractivity contribution is 0.650. The predicted octanol–water partition coefficient (Wildman–Crippen LogP) is 22.3. The standard InChI is InChI=1S/C82H82Si2/c1-55(2)49-83(50-56(3)4,51-57(5)6)38-36-73-79-45-67-28-17-13-24-63(67)41-75(79)71(76-42-64-25-14-18-29-68(64)46-80(73)76)34-32-61-22-21-23-62(40-61)33-35-72-77-43-65-26-15-19-30-69(65)47-81(77)74(82-48-70-31-20-16-27-66(70)44-78(72)82)37-39-84(52-58(7)8,53-59(9)10)54-60(11)12/h13-31,40-48,55-60H,49-54H2,1-12H3. The van der Waals surface area contributed by atoms with E-state index in [9.17, 15) is 0 Å². The fourth-order valence-electron chi connectivity index (χ4n) is 14.6. The third kappa shape index (κ3) is 12.5. The highest BCUT2D eigenvalue weighted by molar-refractivity contribution is 6.88. The average molecular weight is 1120 g/mol. The third-order valence-corrected chi connectivity index (χ3v) is 27.8. The molecular weight excluding hydrogens is 1040 g/mol. The molecule has 84 heavy (non-hydrogen) atoms. The first-order chi connectivity index (χ1) is 40.4. The van der Waals surface area contributed by atoms with Crippen LogP contribution in [0.1, 0.15) is 116 Å². The van der Waals surface area contributed by atoms with Crippen molar-refractivity contribution in [2.75, 3.05) is 0 Å². The zero-order valence-electron chi connectivity index (χ0n) is 51.9. The summed E-state index contributed by atoms with van der Waals surface area (Å²) in [7, 11) is -4.07. The molecule has 0 atom stereocenters. The molecule has 0 aliphatic heterocycles. The van der Waals surface area contributed by atoms with Crippen molar-refractivity contribution in [1.82, 2.24) is 0 Å². The highest BCUT2D eigenvalue weighted by Crippen LogP contribution is 2.41. The predicted molar refractivity (Wildman–Crippen MR) is 374 cm³/mol. The minimum atomic E-state index is -2.04. The highest BCUT2D eigenvalue weighted by Gasteiger charge is 2.35. The number of benzene rings is 11. The average Bonchev–Trinajstić information content (AvgIpc) is 1.90. The molecule has 0 saturated heterocycles. The summed E-state index contributed by atoms with van der Waals surface area (Å²) in [5.41, 5.74) is 14.6. The Labute approximate surface area is 503 Å². The summed E-state index contributed by atoms with van der Waals surface area (Å²) in [4.78, 5) is 0. The molecule has 418 valence electrons. The Morgan fingerprint density at radius 2 is 0.440 bits per heavy atom. The summed E-state index contributed by atoms with van der Waals surface area (Å²) in [5, 5.41) is 18.9. The van der Waals surface area contributed by atoms with Gasteiger partial charge in [-0.05, 0) is 225 Å². The molecule has 0 amide bonds. The van der Waals surface area contributed by atoms with E-state index in [2.05, 4.69) is 300 Å². The Morgan fingerprint density at radius 3 is 0.643 bits per heavy atom. The van der Waals surface area contributed by atoms with E-state index in [0.717, 1.165) is 54.9 Å². The van der Waals surface area contributed by atoms with Crippen molar-refractivity contribution >= 4 is 102 Å². The van der Waals surface area contributed by atoms with Crippen LogP contribution >= 0.6 is 0 Å². The molecule has 11 aromatic rings.